The maximum atomic E-state index is 11.1. The van der Waals surface area contributed by atoms with Crippen LogP contribution in [0.25, 0.3) is 0 Å². The van der Waals surface area contributed by atoms with Crippen LogP contribution in [0.2, 0.25) is 0 Å². The zero-order chi connectivity index (χ0) is 7.90. The molecule has 1 aliphatic heterocycles. The van der Waals surface area contributed by atoms with Crippen LogP contribution in [0.3, 0.4) is 0 Å². The van der Waals surface area contributed by atoms with E-state index in [0.29, 0.717) is 31.1 Å². The highest BCUT2D eigenvalue weighted by atomic mass is 16.5. The quantitative estimate of drug-likeness (QED) is 0.529. The van der Waals surface area contributed by atoms with E-state index in [0.717, 1.165) is 6.42 Å². The lowest BCUT2D eigenvalue weighted by Gasteiger charge is -2.49. The molecular weight excluding hydrogens is 140 g/mol. The monoisotopic (exact) mass is 154 g/mol. The van der Waals surface area contributed by atoms with Crippen LogP contribution in [0.15, 0.2) is 0 Å². The molecular formula is C9H14O2. The molecule has 0 aromatic carbocycles. The highest BCUT2D eigenvalue weighted by Crippen LogP contribution is 2.45. The Balaban J connectivity index is 2.07. The fourth-order valence-electron chi connectivity index (χ4n) is 2.07. The molecule has 0 radical (unpaired) electrons. The molecule has 1 saturated heterocycles. The van der Waals surface area contributed by atoms with Gasteiger partial charge in [0, 0.05) is 12.8 Å². The van der Waals surface area contributed by atoms with Crippen LogP contribution in [0.1, 0.15) is 32.6 Å². The predicted octanol–water partition coefficient (Wildman–Crippen LogP) is 1.53. The number of rotatable bonds is 0. The Morgan fingerprint density at radius 1 is 1.64 bits per heavy atom. The van der Waals surface area contributed by atoms with Gasteiger partial charge in [0.15, 0.2) is 0 Å². The number of carbonyl (C=O) groups is 1. The van der Waals surface area contributed by atoms with E-state index in [-0.39, 0.29) is 5.60 Å². The van der Waals surface area contributed by atoms with E-state index in [1.165, 1.54) is 6.42 Å². The molecule has 11 heavy (non-hydrogen) atoms. The molecule has 0 N–H and O–H groups in total. The summed E-state index contributed by atoms with van der Waals surface area (Å²) in [6.07, 6.45) is 3.63. The third-order valence-corrected chi connectivity index (χ3v) is 3.17. The summed E-state index contributed by atoms with van der Waals surface area (Å²) in [6.45, 7) is 2.84. The van der Waals surface area contributed by atoms with Gasteiger partial charge < -0.3 is 4.74 Å². The fourth-order valence-corrected chi connectivity index (χ4v) is 2.07. The van der Waals surface area contributed by atoms with Crippen molar-refractivity contribution >= 4 is 5.78 Å². The van der Waals surface area contributed by atoms with E-state index in [1.807, 2.05) is 0 Å². The molecule has 2 fully saturated rings. The van der Waals surface area contributed by atoms with Crippen molar-refractivity contribution < 1.29 is 9.53 Å². The first kappa shape index (κ1) is 7.29. The zero-order valence-electron chi connectivity index (χ0n) is 6.93. The van der Waals surface area contributed by atoms with Gasteiger partial charge in [0.1, 0.15) is 5.78 Å². The molecule has 1 spiro atoms. The van der Waals surface area contributed by atoms with E-state index < -0.39 is 0 Å². The van der Waals surface area contributed by atoms with Gasteiger partial charge in [-0.05, 0) is 18.8 Å². The minimum absolute atomic E-state index is 0.0185. The zero-order valence-corrected chi connectivity index (χ0v) is 6.93. The van der Waals surface area contributed by atoms with Gasteiger partial charge in [-0.1, -0.05) is 6.92 Å². The molecule has 2 nitrogen and oxygen atoms in total. The number of hydrogen-bond acceptors (Lipinski definition) is 2. The second-order valence-electron chi connectivity index (χ2n) is 3.82. The van der Waals surface area contributed by atoms with Gasteiger partial charge in [-0.15, -0.1) is 0 Å². The largest absolute Gasteiger partial charge is 0.374 e. The van der Waals surface area contributed by atoms with Gasteiger partial charge in [0.2, 0.25) is 0 Å². The third-order valence-electron chi connectivity index (χ3n) is 3.17. The average molecular weight is 154 g/mol. The van der Waals surface area contributed by atoms with Crippen molar-refractivity contribution in [2.45, 2.75) is 38.2 Å². The van der Waals surface area contributed by atoms with Gasteiger partial charge in [-0.25, -0.2) is 0 Å². The number of Topliss-reactive ketones (excluding diaryl/α,β-unsaturated/α-hetero) is 1. The topological polar surface area (TPSA) is 26.3 Å². The molecule has 2 rings (SSSR count). The van der Waals surface area contributed by atoms with E-state index in [9.17, 15) is 4.79 Å². The summed E-state index contributed by atoms with van der Waals surface area (Å²) in [6, 6.07) is 0. The second-order valence-corrected chi connectivity index (χ2v) is 3.82. The van der Waals surface area contributed by atoms with Gasteiger partial charge in [0.25, 0.3) is 0 Å². The normalized spacial score (nSPS) is 44.1. The Morgan fingerprint density at radius 2 is 2.45 bits per heavy atom. The summed E-state index contributed by atoms with van der Waals surface area (Å²) in [5, 5.41) is 0. The molecule has 2 unspecified atom stereocenters. The molecule has 62 valence electrons. The van der Waals surface area contributed by atoms with Gasteiger partial charge in [-0.2, -0.15) is 0 Å². The van der Waals surface area contributed by atoms with E-state index in [1.54, 1.807) is 0 Å². The molecule has 0 aromatic heterocycles. The summed E-state index contributed by atoms with van der Waals surface area (Å²) < 4.78 is 5.66. The van der Waals surface area contributed by atoms with E-state index >= 15 is 0 Å². The summed E-state index contributed by atoms with van der Waals surface area (Å²) in [7, 11) is 0. The fraction of sp³-hybridized carbons (Fsp3) is 0.889. The minimum Gasteiger partial charge on any atom is -0.374 e. The molecule has 1 heterocycles. The van der Waals surface area contributed by atoms with Crippen molar-refractivity contribution in [3.8, 4) is 0 Å². The predicted molar refractivity (Wildman–Crippen MR) is 41.3 cm³/mol. The number of ketones is 1. The van der Waals surface area contributed by atoms with Crippen LogP contribution < -0.4 is 0 Å². The molecule has 0 aromatic rings. The van der Waals surface area contributed by atoms with Crippen molar-refractivity contribution in [1.82, 2.24) is 0 Å². The molecule has 0 bridgehead atoms. The Hall–Kier alpha value is -0.370. The second kappa shape index (κ2) is 2.31. The first-order chi connectivity index (χ1) is 5.23. The highest BCUT2D eigenvalue weighted by Gasteiger charge is 2.48. The van der Waals surface area contributed by atoms with Gasteiger partial charge in [0.05, 0.1) is 12.2 Å². The summed E-state index contributed by atoms with van der Waals surface area (Å²) in [5.74, 6) is 0.995. The molecule has 2 heteroatoms. The smallest absolute Gasteiger partial charge is 0.138 e. The Morgan fingerprint density at radius 3 is 2.82 bits per heavy atom. The Labute approximate surface area is 66.9 Å². The van der Waals surface area contributed by atoms with Crippen molar-refractivity contribution in [3.63, 3.8) is 0 Å². The van der Waals surface area contributed by atoms with Crippen LogP contribution in [0.4, 0.5) is 0 Å². The lowest BCUT2D eigenvalue weighted by atomic mass is 9.66. The molecule has 0 amide bonds. The third kappa shape index (κ3) is 1.00. The lowest BCUT2D eigenvalue weighted by Crippen LogP contribution is -2.52. The first-order valence-corrected chi connectivity index (χ1v) is 4.39. The molecule has 1 aliphatic carbocycles. The summed E-state index contributed by atoms with van der Waals surface area (Å²) in [5.41, 5.74) is -0.0185. The number of carbonyl (C=O) groups excluding carboxylic acids is 1. The molecule has 2 atom stereocenters. The SMILES string of the molecule is CC1CCC12CC(=O)CCO2. The summed E-state index contributed by atoms with van der Waals surface area (Å²) >= 11 is 0. The van der Waals surface area contributed by atoms with Crippen LogP contribution >= 0.6 is 0 Å². The first-order valence-electron chi connectivity index (χ1n) is 4.39. The van der Waals surface area contributed by atoms with E-state index in [4.69, 9.17) is 4.74 Å². The maximum Gasteiger partial charge on any atom is 0.138 e. The van der Waals surface area contributed by atoms with Crippen LogP contribution in [0, 0.1) is 5.92 Å². The standard InChI is InChI=1S/C9H14O2/c1-7-2-4-9(7)6-8(10)3-5-11-9/h7H,2-6H2,1H3. The molecule has 1 saturated carbocycles. The average Bonchev–Trinajstić information content (AvgIpc) is 2.02. The number of hydrogen-bond donors (Lipinski definition) is 0. The van der Waals surface area contributed by atoms with Gasteiger partial charge >= 0.3 is 0 Å². The van der Waals surface area contributed by atoms with E-state index in [2.05, 4.69) is 6.92 Å². The maximum absolute atomic E-state index is 11.1. The van der Waals surface area contributed by atoms with Crippen LogP contribution in [-0.2, 0) is 9.53 Å². The highest BCUT2D eigenvalue weighted by molar-refractivity contribution is 5.80. The number of ether oxygens (including phenoxy) is 1. The van der Waals surface area contributed by atoms with Gasteiger partial charge in [-0.3, -0.25) is 4.79 Å². The Bertz CT molecular complexity index is 188. The van der Waals surface area contributed by atoms with Crippen LogP contribution in [-0.4, -0.2) is 18.0 Å². The summed E-state index contributed by atoms with van der Waals surface area (Å²) in [4.78, 5) is 11.1. The van der Waals surface area contributed by atoms with Crippen molar-refractivity contribution in [3.05, 3.63) is 0 Å². The van der Waals surface area contributed by atoms with Crippen molar-refractivity contribution in [2.24, 2.45) is 5.92 Å². The van der Waals surface area contributed by atoms with Crippen LogP contribution in [0.5, 0.6) is 0 Å². The van der Waals surface area contributed by atoms with Crippen molar-refractivity contribution in [2.75, 3.05) is 6.61 Å². The Kier molecular flexibility index (Phi) is 1.53. The van der Waals surface area contributed by atoms with Crippen molar-refractivity contribution in [1.29, 1.82) is 0 Å². The molecule has 2 aliphatic rings. The lowest BCUT2D eigenvalue weighted by molar-refractivity contribution is -0.173. The minimum atomic E-state index is -0.0185.